The van der Waals surface area contributed by atoms with Gasteiger partial charge in [-0.25, -0.2) is 4.79 Å². The zero-order valence-electron chi connectivity index (χ0n) is 10.7. The third kappa shape index (κ3) is 3.65. The number of rotatable bonds is 2. The third-order valence-electron chi connectivity index (χ3n) is 2.69. The number of hydrogen-bond donors (Lipinski definition) is 3. The molecule has 110 valence electrons. The molecule has 2 aromatic rings. The van der Waals surface area contributed by atoms with Crippen molar-refractivity contribution in [3.63, 3.8) is 0 Å². The summed E-state index contributed by atoms with van der Waals surface area (Å²) in [5.74, 6) is 0. The van der Waals surface area contributed by atoms with E-state index < -0.39 is 17.8 Å². The van der Waals surface area contributed by atoms with E-state index in [0.29, 0.717) is 11.4 Å². The lowest BCUT2D eigenvalue weighted by atomic mass is 10.1. The Morgan fingerprint density at radius 1 is 0.905 bits per heavy atom. The molecule has 0 aliphatic carbocycles. The molecule has 2 rings (SSSR count). The lowest BCUT2D eigenvalue weighted by Gasteiger charge is -2.14. The topological polar surface area (TPSA) is 67.1 Å². The van der Waals surface area contributed by atoms with Crippen LogP contribution in [0.4, 0.5) is 35.0 Å². The summed E-state index contributed by atoms with van der Waals surface area (Å²) < 4.78 is 38.4. The minimum Gasteiger partial charge on any atom is -0.397 e. The van der Waals surface area contributed by atoms with Crippen molar-refractivity contribution >= 4 is 23.1 Å². The Hall–Kier alpha value is -2.70. The number of anilines is 3. The molecule has 0 unspecified atom stereocenters. The van der Waals surface area contributed by atoms with Gasteiger partial charge in [-0.1, -0.05) is 24.3 Å². The van der Waals surface area contributed by atoms with Crippen molar-refractivity contribution in [3.8, 4) is 0 Å². The van der Waals surface area contributed by atoms with Crippen LogP contribution in [-0.2, 0) is 6.18 Å². The molecule has 4 N–H and O–H groups in total. The first-order chi connectivity index (χ1) is 9.88. The summed E-state index contributed by atoms with van der Waals surface area (Å²) in [6, 6.07) is 10.4. The molecule has 4 nitrogen and oxygen atoms in total. The quantitative estimate of drug-likeness (QED) is 0.735. The lowest BCUT2D eigenvalue weighted by molar-refractivity contribution is -0.136. The Balaban J connectivity index is 2.16. The van der Waals surface area contributed by atoms with Gasteiger partial charge in [0.15, 0.2) is 0 Å². The second-order valence-corrected chi connectivity index (χ2v) is 4.21. The Morgan fingerprint density at radius 3 is 2.05 bits per heavy atom. The van der Waals surface area contributed by atoms with Gasteiger partial charge in [-0.2, -0.15) is 13.2 Å². The van der Waals surface area contributed by atoms with Crippen LogP contribution in [0.5, 0.6) is 0 Å². The summed E-state index contributed by atoms with van der Waals surface area (Å²) in [6.07, 6.45) is -4.55. The highest BCUT2D eigenvalue weighted by Crippen LogP contribution is 2.34. The summed E-state index contributed by atoms with van der Waals surface area (Å²) in [5.41, 5.74) is 5.04. The van der Waals surface area contributed by atoms with E-state index in [4.69, 9.17) is 5.73 Å². The van der Waals surface area contributed by atoms with Crippen LogP contribution >= 0.6 is 0 Å². The number of carbonyl (C=O) groups is 1. The van der Waals surface area contributed by atoms with Gasteiger partial charge >= 0.3 is 12.2 Å². The first-order valence-corrected chi connectivity index (χ1v) is 5.96. The van der Waals surface area contributed by atoms with Crippen molar-refractivity contribution in [2.24, 2.45) is 0 Å². The largest absolute Gasteiger partial charge is 0.418 e. The van der Waals surface area contributed by atoms with Gasteiger partial charge in [0.1, 0.15) is 0 Å². The molecule has 0 atom stereocenters. The predicted octanol–water partition coefficient (Wildman–Crippen LogP) is 3.93. The minimum atomic E-state index is -4.55. The fourth-order valence-corrected chi connectivity index (χ4v) is 1.73. The van der Waals surface area contributed by atoms with Crippen LogP contribution in [0.15, 0.2) is 48.5 Å². The second kappa shape index (κ2) is 5.74. The molecule has 0 spiro atoms. The van der Waals surface area contributed by atoms with Gasteiger partial charge in [0, 0.05) is 0 Å². The summed E-state index contributed by atoms with van der Waals surface area (Å²) in [7, 11) is 0. The number of nitrogens with two attached hydrogens (primary N) is 1. The fourth-order valence-electron chi connectivity index (χ4n) is 1.73. The number of hydrogen-bond acceptors (Lipinski definition) is 2. The standard InChI is InChI=1S/C14H12F3N3O/c15-14(16,17)9-5-1-3-7-11(9)19-13(21)20-12-8-4-2-6-10(12)18/h1-8H,18H2,(H2,19,20,21). The molecule has 0 aromatic heterocycles. The number of carbonyl (C=O) groups excluding carboxylic acids is 1. The van der Waals surface area contributed by atoms with Crippen molar-refractivity contribution in [2.45, 2.75) is 6.18 Å². The van der Waals surface area contributed by atoms with E-state index in [2.05, 4.69) is 10.6 Å². The Bertz CT molecular complexity index is 656. The molecular formula is C14H12F3N3O. The van der Waals surface area contributed by atoms with Crippen molar-refractivity contribution in [1.29, 1.82) is 0 Å². The molecular weight excluding hydrogens is 283 g/mol. The molecule has 0 bridgehead atoms. The van der Waals surface area contributed by atoms with E-state index in [0.717, 1.165) is 6.07 Å². The van der Waals surface area contributed by atoms with Crippen LogP contribution in [-0.4, -0.2) is 6.03 Å². The first-order valence-electron chi connectivity index (χ1n) is 5.96. The van der Waals surface area contributed by atoms with E-state index in [1.54, 1.807) is 24.3 Å². The molecule has 0 fully saturated rings. The Labute approximate surface area is 118 Å². The normalized spacial score (nSPS) is 11.0. The maximum absolute atomic E-state index is 12.8. The van der Waals surface area contributed by atoms with E-state index in [9.17, 15) is 18.0 Å². The smallest absolute Gasteiger partial charge is 0.397 e. The number of urea groups is 1. The van der Waals surface area contributed by atoms with Crippen LogP contribution in [0.2, 0.25) is 0 Å². The molecule has 0 aliphatic rings. The lowest BCUT2D eigenvalue weighted by Crippen LogP contribution is -2.22. The average molecular weight is 295 g/mol. The maximum Gasteiger partial charge on any atom is 0.418 e. The summed E-state index contributed by atoms with van der Waals surface area (Å²) in [5, 5.41) is 4.56. The molecule has 0 saturated carbocycles. The van der Waals surface area contributed by atoms with Crippen LogP contribution in [0, 0.1) is 0 Å². The highest BCUT2D eigenvalue weighted by atomic mass is 19.4. The van der Waals surface area contributed by atoms with E-state index in [-0.39, 0.29) is 5.69 Å². The van der Waals surface area contributed by atoms with Crippen molar-refractivity contribution in [2.75, 3.05) is 16.4 Å². The molecule has 2 aromatic carbocycles. The fraction of sp³-hybridized carbons (Fsp3) is 0.0714. The number of nitrogens with one attached hydrogen (secondary N) is 2. The summed E-state index contributed by atoms with van der Waals surface area (Å²) >= 11 is 0. The number of alkyl halides is 3. The van der Waals surface area contributed by atoms with Crippen LogP contribution in [0.25, 0.3) is 0 Å². The van der Waals surface area contributed by atoms with Gasteiger partial charge in [-0.05, 0) is 24.3 Å². The summed E-state index contributed by atoms with van der Waals surface area (Å²) in [4.78, 5) is 11.8. The molecule has 0 heterocycles. The molecule has 0 saturated heterocycles. The Morgan fingerprint density at radius 2 is 1.43 bits per heavy atom. The maximum atomic E-state index is 12.8. The van der Waals surface area contributed by atoms with Gasteiger partial charge in [-0.3, -0.25) is 0 Å². The van der Waals surface area contributed by atoms with Crippen LogP contribution in [0.1, 0.15) is 5.56 Å². The highest BCUT2D eigenvalue weighted by Gasteiger charge is 2.33. The van der Waals surface area contributed by atoms with Crippen LogP contribution < -0.4 is 16.4 Å². The van der Waals surface area contributed by atoms with Gasteiger partial charge in [0.05, 0.1) is 22.6 Å². The predicted molar refractivity (Wildman–Crippen MR) is 74.9 cm³/mol. The number of halogens is 3. The van der Waals surface area contributed by atoms with E-state index >= 15 is 0 Å². The van der Waals surface area contributed by atoms with Crippen molar-refractivity contribution in [1.82, 2.24) is 0 Å². The average Bonchev–Trinajstić information content (AvgIpc) is 2.41. The molecule has 21 heavy (non-hydrogen) atoms. The third-order valence-corrected chi connectivity index (χ3v) is 2.69. The number of amides is 2. The van der Waals surface area contributed by atoms with Gasteiger partial charge in [0.2, 0.25) is 0 Å². The van der Waals surface area contributed by atoms with Crippen molar-refractivity contribution in [3.05, 3.63) is 54.1 Å². The van der Waals surface area contributed by atoms with Crippen molar-refractivity contribution < 1.29 is 18.0 Å². The monoisotopic (exact) mass is 295 g/mol. The van der Waals surface area contributed by atoms with E-state index in [1.165, 1.54) is 18.2 Å². The molecule has 2 amide bonds. The van der Waals surface area contributed by atoms with Gasteiger partial charge < -0.3 is 16.4 Å². The molecule has 7 heteroatoms. The van der Waals surface area contributed by atoms with Gasteiger partial charge in [-0.15, -0.1) is 0 Å². The Kier molecular flexibility index (Phi) is 4.02. The molecule has 0 aliphatic heterocycles. The molecule has 0 radical (unpaired) electrons. The zero-order chi connectivity index (χ0) is 15.5. The number of nitrogen functional groups attached to an aromatic ring is 1. The SMILES string of the molecule is Nc1ccccc1NC(=O)Nc1ccccc1C(F)(F)F. The number of benzene rings is 2. The highest BCUT2D eigenvalue weighted by molar-refractivity contribution is 6.01. The zero-order valence-corrected chi connectivity index (χ0v) is 10.7. The van der Waals surface area contributed by atoms with Crippen LogP contribution in [0.3, 0.4) is 0 Å². The number of para-hydroxylation sites is 3. The minimum absolute atomic E-state index is 0.316. The summed E-state index contributed by atoms with van der Waals surface area (Å²) in [6.45, 7) is 0. The second-order valence-electron chi connectivity index (χ2n) is 4.21. The van der Waals surface area contributed by atoms with Gasteiger partial charge in [0.25, 0.3) is 0 Å². The first kappa shape index (κ1) is 14.7. The van der Waals surface area contributed by atoms with E-state index in [1.807, 2.05) is 0 Å².